The zero-order chi connectivity index (χ0) is 18.2. The van der Waals surface area contributed by atoms with Gasteiger partial charge in [0.25, 0.3) is 0 Å². The van der Waals surface area contributed by atoms with E-state index in [0.29, 0.717) is 26.1 Å². The molecule has 24 heavy (non-hydrogen) atoms. The number of rotatable bonds is 7. The van der Waals surface area contributed by atoms with Gasteiger partial charge in [0.2, 0.25) is 11.8 Å². The zero-order valence-electron chi connectivity index (χ0n) is 15.5. The van der Waals surface area contributed by atoms with E-state index < -0.39 is 0 Å². The van der Waals surface area contributed by atoms with Gasteiger partial charge in [0.1, 0.15) is 0 Å². The minimum Gasteiger partial charge on any atom is -0.469 e. The van der Waals surface area contributed by atoms with E-state index in [2.05, 4.69) is 10.1 Å². The van der Waals surface area contributed by atoms with Crippen molar-refractivity contribution in [1.29, 1.82) is 0 Å². The molecule has 0 radical (unpaired) electrons. The molecule has 6 nitrogen and oxygen atoms in total. The van der Waals surface area contributed by atoms with Crippen molar-refractivity contribution < 1.29 is 19.1 Å². The Morgan fingerprint density at radius 3 is 2.25 bits per heavy atom. The standard InChI is InChI=1S/C18H32N2O4/c1-18(2,3)17(23)20-12-9-14(10-13-20)16(22)19-11-7-5-6-8-15(21)24-4/h14H,5-13H2,1-4H3,(H,19,22). The summed E-state index contributed by atoms with van der Waals surface area (Å²) in [5.74, 6) is 0.0671. The number of nitrogens with one attached hydrogen (secondary N) is 1. The monoisotopic (exact) mass is 340 g/mol. The molecule has 1 aliphatic heterocycles. The first-order valence-electron chi connectivity index (χ1n) is 8.89. The Bertz CT molecular complexity index is 435. The number of amides is 2. The van der Waals surface area contributed by atoms with Gasteiger partial charge in [-0.15, -0.1) is 0 Å². The molecule has 1 rings (SSSR count). The van der Waals surface area contributed by atoms with Crippen molar-refractivity contribution in [1.82, 2.24) is 10.2 Å². The van der Waals surface area contributed by atoms with Crippen LogP contribution in [-0.4, -0.2) is 49.4 Å². The molecule has 1 saturated heterocycles. The number of ether oxygens (including phenoxy) is 1. The fourth-order valence-electron chi connectivity index (χ4n) is 2.85. The summed E-state index contributed by atoms with van der Waals surface area (Å²) >= 11 is 0. The molecule has 138 valence electrons. The maximum Gasteiger partial charge on any atom is 0.305 e. The third kappa shape index (κ3) is 6.89. The van der Waals surface area contributed by atoms with Crippen molar-refractivity contribution in [3.05, 3.63) is 0 Å². The van der Waals surface area contributed by atoms with Crippen LogP contribution in [0.5, 0.6) is 0 Å². The Hall–Kier alpha value is -1.59. The molecule has 0 bridgehead atoms. The first-order chi connectivity index (χ1) is 11.3. The predicted octanol–water partition coefficient (Wildman–Crippen LogP) is 2.12. The van der Waals surface area contributed by atoms with E-state index in [1.54, 1.807) is 0 Å². The number of hydrogen-bond acceptors (Lipinski definition) is 4. The second-order valence-electron chi connectivity index (χ2n) is 7.49. The summed E-state index contributed by atoms with van der Waals surface area (Å²) in [7, 11) is 1.39. The molecule has 1 fully saturated rings. The lowest BCUT2D eigenvalue weighted by Gasteiger charge is -2.35. The van der Waals surface area contributed by atoms with Gasteiger partial charge in [-0.3, -0.25) is 14.4 Å². The second kappa shape index (κ2) is 9.64. The van der Waals surface area contributed by atoms with E-state index in [-0.39, 0.29) is 29.1 Å². The summed E-state index contributed by atoms with van der Waals surface area (Å²) in [6.45, 7) is 7.73. The highest BCUT2D eigenvalue weighted by Gasteiger charge is 2.32. The van der Waals surface area contributed by atoms with Crippen molar-refractivity contribution in [2.75, 3.05) is 26.7 Å². The third-order valence-electron chi connectivity index (χ3n) is 4.38. The van der Waals surface area contributed by atoms with Gasteiger partial charge in [-0.25, -0.2) is 0 Å². The van der Waals surface area contributed by atoms with Crippen molar-refractivity contribution in [2.45, 2.75) is 59.3 Å². The van der Waals surface area contributed by atoms with E-state index >= 15 is 0 Å². The molecule has 0 aromatic rings. The Kier molecular flexibility index (Phi) is 8.22. The number of methoxy groups -OCH3 is 1. The highest BCUT2D eigenvalue weighted by atomic mass is 16.5. The Labute approximate surface area is 145 Å². The van der Waals surface area contributed by atoms with Crippen molar-refractivity contribution in [2.24, 2.45) is 11.3 Å². The van der Waals surface area contributed by atoms with Gasteiger partial charge in [0.05, 0.1) is 7.11 Å². The van der Waals surface area contributed by atoms with Gasteiger partial charge in [0.15, 0.2) is 0 Å². The van der Waals surface area contributed by atoms with Gasteiger partial charge < -0.3 is 15.0 Å². The molecule has 1 N–H and O–H groups in total. The van der Waals surface area contributed by atoms with Gasteiger partial charge in [0, 0.05) is 37.4 Å². The molecule has 0 aliphatic carbocycles. The van der Waals surface area contributed by atoms with Crippen LogP contribution in [0.25, 0.3) is 0 Å². The van der Waals surface area contributed by atoms with Crippen LogP contribution in [0.1, 0.15) is 59.3 Å². The molecular weight excluding hydrogens is 308 g/mol. The molecule has 0 aromatic carbocycles. The van der Waals surface area contributed by atoms with Crippen molar-refractivity contribution >= 4 is 17.8 Å². The SMILES string of the molecule is COC(=O)CCCCCNC(=O)C1CCN(C(=O)C(C)(C)C)CC1. The van der Waals surface area contributed by atoms with E-state index in [4.69, 9.17) is 0 Å². The van der Waals surface area contributed by atoms with Gasteiger partial charge in [-0.2, -0.15) is 0 Å². The second-order valence-corrected chi connectivity index (χ2v) is 7.49. The fourth-order valence-corrected chi connectivity index (χ4v) is 2.85. The summed E-state index contributed by atoms with van der Waals surface area (Å²) in [6.07, 6.45) is 4.45. The lowest BCUT2D eigenvalue weighted by Crippen LogP contribution is -2.46. The molecular formula is C18H32N2O4. The number of hydrogen-bond donors (Lipinski definition) is 1. The van der Waals surface area contributed by atoms with Crippen LogP contribution in [0.2, 0.25) is 0 Å². The van der Waals surface area contributed by atoms with E-state index in [9.17, 15) is 14.4 Å². The summed E-state index contributed by atoms with van der Waals surface area (Å²) < 4.78 is 4.58. The lowest BCUT2D eigenvalue weighted by molar-refractivity contribution is -0.142. The summed E-state index contributed by atoms with van der Waals surface area (Å²) in [5.41, 5.74) is -0.362. The topological polar surface area (TPSA) is 75.7 Å². The molecule has 2 amide bonds. The maximum absolute atomic E-state index is 12.2. The zero-order valence-corrected chi connectivity index (χ0v) is 15.5. The largest absolute Gasteiger partial charge is 0.469 e. The van der Waals surface area contributed by atoms with Gasteiger partial charge in [-0.05, 0) is 25.7 Å². The third-order valence-corrected chi connectivity index (χ3v) is 4.38. The summed E-state index contributed by atoms with van der Waals surface area (Å²) in [4.78, 5) is 37.2. The Balaban J connectivity index is 2.17. The number of piperidine rings is 1. The maximum atomic E-state index is 12.2. The van der Waals surface area contributed by atoms with Crippen LogP contribution in [0.15, 0.2) is 0 Å². The average molecular weight is 340 g/mol. The number of esters is 1. The van der Waals surface area contributed by atoms with E-state index in [1.807, 2.05) is 25.7 Å². The van der Waals surface area contributed by atoms with E-state index in [1.165, 1.54) is 7.11 Å². The van der Waals surface area contributed by atoms with Gasteiger partial charge in [-0.1, -0.05) is 27.2 Å². The molecule has 0 atom stereocenters. The fraction of sp³-hybridized carbons (Fsp3) is 0.833. The lowest BCUT2D eigenvalue weighted by atomic mass is 9.90. The first-order valence-corrected chi connectivity index (χ1v) is 8.89. The average Bonchev–Trinajstić information content (AvgIpc) is 2.56. The molecule has 1 heterocycles. The summed E-state index contributed by atoms with van der Waals surface area (Å²) in [6, 6.07) is 0. The minimum atomic E-state index is -0.362. The Morgan fingerprint density at radius 1 is 1.08 bits per heavy atom. The van der Waals surface area contributed by atoms with Crippen molar-refractivity contribution in [3.63, 3.8) is 0 Å². The molecule has 0 saturated carbocycles. The highest BCUT2D eigenvalue weighted by Crippen LogP contribution is 2.23. The molecule has 6 heteroatoms. The van der Waals surface area contributed by atoms with Crippen LogP contribution in [0, 0.1) is 11.3 Å². The van der Waals surface area contributed by atoms with Crippen molar-refractivity contribution in [3.8, 4) is 0 Å². The van der Waals surface area contributed by atoms with Gasteiger partial charge >= 0.3 is 5.97 Å². The first kappa shape index (κ1) is 20.5. The minimum absolute atomic E-state index is 0.00378. The number of likely N-dealkylation sites (tertiary alicyclic amines) is 1. The Morgan fingerprint density at radius 2 is 1.71 bits per heavy atom. The number of unbranched alkanes of at least 4 members (excludes halogenated alkanes) is 2. The number of nitrogens with zero attached hydrogens (tertiary/aromatic N) is 1. The van der Waals surface area contributed by atoms with Crippen LogP contribution in [0.3, 0.4) is 0 Å². The molecule has 0 aromatic heterocycles. The number of carbonyl (C=O) groups is 3. The van der Waals surface area contributed by atoms with Crippen LogP contribution < -0.4 is 5.32 Å². The van der Waals surface area contributed by atoms with Crippen LogP contribution >= 0.6 is 0 Å². The summed E-state index contributed by atoms with van der Waals surface area (Å²) in [5, 5.41) is 2.97. The van der Waals surface area contributed by atoms with E-state index in [0.717, 1.165) is 32.1 Å². The van der Waals surface area contributed by atoms with Crippen LogP contribution in [0.4, 0.5) is 0 Å². The highest BCUT2D eigenvalue weighted by molar-refractivity contribution is 5.82. The number of carbonyl (C=O) groups excluding carboxylic acids is 3. The van der Waals surface area contributed by atoms with Crippen LogP contribution in [-0.2, 0) is 19.1 Å². The smallest absolute Gasteiger partial charge is 0.305 e. The predicted molar refractivity (Wildman–Crippen MR) is 92.3 cm³/mol. The molecule has 1 aliphatic rings. The quantitative estimate of drug-likeness (QED) is 0.569. The molecule has 0 unspecified atom stereocenters. The normalized spacial score (nSPS) is 15.9. The molecule has 0 spiro atoms.